The molecule has 0 rings (SSSR count). The molecule has 0 aliphatic heterocycles. The van der Waals surface area contributed by atoms with Crippen molar-refractivity contribution in [2.45, 2.75) is 19.6 Å². The van der Waals surface area contributed by atoms with Crippen LogP contribution in [0.25, 0.3) is 0 Å². The molecule has 0 aliphatic carbocycles. The predicted octanol–water partition coefficient (Wildman–Crippen LogP) is -1.20. The van der Waals surface area contributed by atoms with Gasteiger partial charge in [-0.3, -0.25) is 10.9 Å². The minimum absolute atomic E-state index is 0.167. The number of hydrogen-bond donors (Lipinski definition) is 4. The van der Waals surface area contributed by atoms with Crippen LogP contribution in [0.3, 0.4) is 0 Å². The molecule has 0 atom stereocenters. The lowest BCUT2D eigenvalue weighted by atomic mass is 10.5. The van der Waals surface area contributed by atoms with Gasteiger partial charge in [0, 0.05) is 6.54 Å². The summed E-state index contributed by atoms with van der Waals surface area (Å²) in [5, 5.41) is 16.6. The van der Waals surface area contributed by atoms with Crippen LogP contribution in [0.1, 0.15) is 13.3 Å². The Balaban J connectivity index is 2.75. The van der Waals surface area contributed by atoms with Crippen molar-refractivity contribution in [3.8, 4) is 0 Å². The van der Waals surface area contributed by atoms with E-state index >= 15 is 0 Å². The van der Waals surface area contributed by atoms with Crippen molar-refractivity contribution in [3.05, 3.63) is 0 Å². The van der Waals surface area contributed by atoms with Gasteiger partial charge in [0.25, 0.3) is 0 Å². The van der Waals surface area contributed by atoms with Crippen molar-refractivity contribution in [2.75, 3.05) is 13.1 Å². The smallest absolute Gasteiger partial charge is 0.165 e. The normalized spacial score (nSPS) is 10.7. The molecule has 0 aromatic rings. The predicted molar refractivity (Wildman–Crippen MR) is 34.5 cm³/mol. The Bertz CT molecular complexity index is 58.9. The van der Waals surface area contributed by atoms with Gasteiger partial charge >= 0.3 is 0 Å². The van der Waals surface area contributed by atoms with Gasteiger partial charge in [0.15, 0.2) is 6.29 Å². The van der Waals surface area contributed by atoms with Crippen LogP contribution in [0.5, 0.6) is 0 Å². The molecule has 0 amide bonds. The van der Waals surface area contributed by atoms with E-state index in [1.54, 1.807) is 0 Å². The Morgan fingerprint density at radius 3 is 2.44 bits per heavy atom. The number of aliphatic hydroxyl groups excluding tert-OH is 1. The fraction of sp³-hybridized carbons (Fsp3) is 1.00. The molecule has 0 unspecified atom stereocenters. The second-order valence-corrected chi connectivity index (χ2v) is 1.79. The molecule has 0 fully saturated rings. The van der Waals surface area contributed by atoms with Gasteiger partial charge in [0.1, 0.15) is 0 Å². The summed E-state index contributed by atoms with van der Waals surface area (Å²) in [5.74, 6) is 0. The Morgan fingerprint density at radius 1 is 1.33 bits per heavy atom. The Morgan fingerprint density at radius 2 is 2.00 bits per heavy atom. The van der Waals surface area contributed by atoms with Crippen molar-refractivity contribution in [1.82, 2.24) is 10.9 Å². The molecule has 0 aliphatic rings. The summed E-state index contributed by atoms with van der Waals surface area (Å²) in [6, 6.07) is 0. The Labute approximate surface area is 54.9 Å². The average Bonchev–Trinajstić information content (AvgIpc) is 1.80. The van der Waals surface area contributed by atoms with E-state index in [0.717, 1.165) is 13.0 Å². The third-order valence-electron chi connectivity index (χ3n) is 0.785. The quantitative estimate of drug-likeness (QED) is 0.217. The highest BCUT2D eigenvalue weighted by atomic mass is 16.5. The lowest BCUT2D eigenvalue weighted by Gasteiger charge is -2.05. The van der Waals surface area contributed by atoms with E-state index in [2.05, 4.69) is 10.9 Å². The van der Waals surface area contributed by atoms with E-state index in [0.29, 0.717) is 0 Å². The first-order chi connectivity index (χ1) is 4.27. The number of hydrazine groups is 1. The van der Waals surface area contributed by atoms with E-state index in [1.807, 2.05) is 6.92 Å². The van der Waals surface area contributed by atoms with E-state index in [4.69, 9.17) is 10.2 Å². The first-order valence-corrected chi connectivity index (χ1v) is 3.09. The molecule has 0 spiro atoms. The van der Waals surface area contributed by atoms with Crippen LogP contribution in [-0.4, -0.2) is 29.6 Å². The molecule has 0 aromatic heterocycles. The van der Waals surface area contributed by atoms with Crippen LogP contribution in [0, 0.1) is 0 Å². The van der Waals surface area contributed by atoms with Gasteiger partial charge < -0.3 is 10.2 Å². The summed E-state index contributed by atoms with van der Waals surface area (Å²) in [6.45, 7) is 3.04. The van der Waals surface area contributed by atoms with Crippen molar-refractivity contribution < 1.29 is 10.2 Å². The summed E-state index contributed by atoms with van der Waals surface area (Å²) < 4.78 is 0. The van der Waals surface area contributed by atoms with E-state index in [1.165, 1.54) is 0 Å². The Hall–Kier alpha value is -0.160. The second kappa shape index (κ2) is 5.97. The number of nitrogens with one attached hydrogen (secondary N) is 2. The van der Waals surface area contributed by atoms with Gasteiger partial charge in [0.05, 0.1) is 6.54 Å². The first-order valence-electron chi connectivity index (χ1n) is 3.09. The molecule has 56 valence electrons. The van der Waals surface area contributed by atoms with Gasteiger partial charge in [0.2, 0.25) is 0 Å². The van der Waals surface area contributed by atoms with Crippen molar-refractivity contribution in [1.29, 1.82) is 0 Å². The highest BCUT2D eigenvalue weighted by molar-refractivity contribution is 4.40. The average molecular weight is 134 g/mol. The maximum Gasteiger partial charge on any atom is 0.165 e. The maximum atomic E-state index is 8.30. The number of hydrogen-bond acceptors (Lipinski definition) is 4. The van der Waals surface area contributed by atoms with Gasteiger partial charge in [-0.15, -0.1) is 0 Å². The molecule has 4 heteroatoms. The third kappa shape index (κ3) is 7.84. The standard InChI is InChI=1S/C5H14N2O2/c1-2-3-6-7-4-5(8)9/h5-9H,2-4H2,1H3. The lowest BCUT2D eigenvalue weighted by Crippen LogP contribution is -2.38. The minimum atomic E-state index is -1.27. The van der Waals surface area contributed by atoms with E-state index in [-0.39, 0.29) is 6.54 Å². The molecule has 4 nitrogen and oxygen atoms in total. The third-order valence-corrected chi connectivity index (χ3v) is 0.785. The number of aliphatic hydroxyl groups is 2. The zero-order valence-electron chi connectivity index (χ0n) is 5.59. The molecule has 9 heavy (non-hydrogen) atoms. The van der Waals surface area contributed by atoms with Gasteiger partial charge in [-0.1, -0.05) is 6.92 Å². The van der Waals surface area contributed by atoms with Crippen LogP contribution in [0.4, 0.5) is 0 Å². The molecule has 4 N–H and O–H groups in total. The molecule has 0 aromatic carbocycles. The Kier molecular flexibility index (Phi) is 5.86. The highest BCUT2D eigenvalue weighted by Crippen LogP contribution is 1.68. The van der Waals surface area contributed by atoms with Crippen LogP contribution in [0.2, 0.25) is 0 Å². The van der Waals surface area contributed by atoms with Gasteiger partial charge in [-0.25, -0.2) is 0 Å². The summed E-state index contributed by atoms with van der Waals surface area (Å²) in [7, 11) is 0. The van der Waals surface area contributed by atoms with Gasteiger partial charge in [-0.05, 0) is 6.42 Å². The maximum absolute atomic E-state index is 8.30. The van der Waals surface area contributed by atoms with Crippen LogP contribution in [-0.2, 0) is 0 Å². The monoisotopic (exact) mass is 134 g/mol. The zero-order valence-corrected chi connectivity index (χ0v) is 5.59. The van der Waals surface area contributed by atoms with E-state index in [9.17, 15) is 0 Å². The fourth-order valence-electron chi connectivity index (χ4n) is 0.377. The lowest BCUT2D eigenvalue weighted by molar-refractivity contribution is -0.0392. The minimum Gasteiger partial charge on any atom is -0.367 e. The fourth-order valence-corrected chi connectivity index (χ4v) is 0.377. The summed E-state index contributed by atoms with van der Waals surface area (Å²) in [6.07, 6.45) is -0.247. The number of rotatable bonds is 5. The topological polar surface area (TPSA) is 64.5 Å². The highest BCUT2D eigenvalue weighted by Gasteiger charge is 1.92. The van der Waals surface area contributed by atoms with Crippen LogP contribution < -0.4 is 10.9 Å². The van der Waals surface area contributed by atoms with Crippen molar-refractivity contribution in [2.24, 2.45) is 0 Å². The molecule has 0 saturated carbocycles. The largest absolute Gasteiger partial charge is 0.367 e. The first kappa shape index (κ1) is 8.84. The zero-order chi connectivity index (χ0) is 7.11. The van der Waals surface area contributed by atoms with Gasteiger partial charge in [-0.2, -0.15) is 0 Å². The molecule has 0 heterocycles. The molecule has 0 radical (unpaired) electrons. The van der Waals surface area contributed by atoms with Crippen molar-refractivity contribution >= 4 is 0 Å². The second-order valence-electron chi connectivity index (χ2n) is 1.79. The SMILES string of the molecule is CCCNNCC(O)O. The summed E-state index contributed by atoms with van der Waals surface area (Å²) in [4.78, 5) is 0. The van der Waals surface area contributed by atoms with Crippen LogP contribution in [0.15, 0.2) is 0 Å². The molecule has 0 bridgehead atoms. The summed E-state index contributed by atoms with van der Waals surface area (Å²) in [5.41, 5.74) is 5.43. The molecular formula is C5H14N2O2. The molecule has 0 saturated heterocycles. The van der Waals surface area contributed by atoms with E-state index < -0.39 is 6.29 Å². The molecular weight excluding hydrogens is 120 g/mol. The van der Waals surface area contributed by atoms with Crippen molar-refractivity contribution in [3.63, 3.8) is 0 Å². The van der Waals surface area contributed by atoms with Crippen LogP contribution >= 0.6 is 0 Å². The summed E-state index contributed by atoms with van der Waals surface area (Å²) >= 11 is 0.